The van der Waals surface area contributed by atoms with Gasteiger partial charge in [-0.2, -0.15) is 5.10 Å². The number of piperazine rings is 1. The van der Waals surface area contributed by atoms with Crippen molar-refractivity contribution < 1.29 is 4.79 Å². The highest BCUT2D eigenvalue weighted by Gasteiger charge is 2.23. The minimum absolute atomic E-state index is 0.366. The first-order valence-corrected chi connectivity index (χ1v) is 9.70. The maximum Gasteiger partial charge on any atom is 0.222 e. The molecule has 1 N–H and O–H groups in total. The molecule has 2 heterocycles. The zero-order valence-electron chi connectivity index (χ0n) is 14.9. The predicted octanol–water partition coefficient (Wildman–Crippen LogP) is 3.18. The zero-order valence-corrected chi connectivity index (χ0v) is 14.9. The number of benzene rings is 1. The summed E-state index contributed by atoms with van der Waals surface area (Å²) in [5.74, 6) is 1.17. The van der Waals surface area contributed by atoms with Crippen LogP contribution >= 0.6 is 0 Å². The minimum Gasteiger partial charge on any atom is -0.340 e. The molecule has 2 aromatic rings. The Morgan fingerprint density at radius 3 is 2.76 bits per heavy atom. The number of nitrogens with zero attached hydrogens (tertiary/aromatic N) is 3. The molecule has 1 aromatic carbocycles. The van der Waals surface area contributed by atoms with E-state index in [9.17, 15) is 4.79 Å². The van der Waals surface area contributed by atoms with Crippen molar-refractivity contribution in [3.05, 3.63) is 30.0 Å². The Labute approximate surface area is 149 Å². The van der Waals surface area contributed by atoms with Gasteiger partial charge in [0.05, 0.1) is 11.7 Å². The van der Waals surface area contributed by atoms with Gasteiger partial charge in [0.15, 0.2) is 0 Å². The lowest BCUT2D eigenvalue weighted by Crippen LogP contribution is -2.48. The molecule has 0 atom stereocenters. The van der Waals surface area contributed by atoms with Gasteiger partial charge < -0.3 is 4.90 Å². The Bertz CT molecular complexity index is 711. The second kappa shape index (κ2) is 7.56. The van der Waals surface area contributed by atoms with Gasteiger partial charge in [0.25, 0.3) is 0 Å². The van der Waals surface area contributed by atoms with E-state index < -0.39 is 0 Å². The van der Waals surface area contributed by atoms with Gasteiger partial charge in [-0.05, 0) is 24.0 Å². The van der Waals surface area contributed by atoms with Crippen LogP contribution in [-0.4, -0.2) is 52.1 Å². The fraction of sp³-hybridized carbons (Fsp3) is 0.600. The molecule has 1 aromatic heterocycles. The lowest BCUT2D eigenvalue weighted by molar-refractivity contribution is -0.133. The molecule has 0 unspecified atom stereocenters. The Morgan fingerprint density at radius 1 is 1.16 bits per heavy atom. The fourth-order valence-corrected chi connectivity index (χ4v) is 4.28. The van der Waals surface area contributed by atoms with Crippen molar-refractivity contribution in [1.82, 2.24) is 20.0 Å². The third-order valence-corrected chi connectivity index (χ3v) is 5.88. The van der Waals surface area contributed by atoms with Gasteiger partial charge in [0.2, 0.25) is 5.91 Å². The summed E-state index contributed by atoms with van der Waals surface area (Å²) in [5.41, 5.74) is 2.40. The van der Waals surface area contributed by atoms with Crippen molar-refractivity contribution in [3.63, 3.8) is 0 Å². The normalized spacial score (nSPS) is 19.8. The molecule has 0 bridgehead atoms. The molecule has 5 heteroatoms. The first-order valence-electron chi connectivity index (χ1n) is 9.70. The third kappa shape index (κ3) is 4.03. The van der Waals surface area contributed by atoms with Crippen LogP contribution < -0.4 is 0 Å². The second-order valence-electron chi connectivity index (χ2n) is 7.64. The molecule has 25 heavy (non-hydrogen) atoms. The molecule has 2 aliphatic rings. The van der Waals surface area contributed by atoms with Gasteiger partial charge in [0, 0.05) is 44.5 Å². The van der Waals surface area contributed by atoms with E-state index in [0.29, 0.717) is 5.91 Å². The van der Waals surface area contributed by atoms with E-state index in [1.165, 1.54) is 31.2 Å². The minimum atomic E-state index is 0.366. The summed E-state index contributed by atoms with van der Waals surface area (Å²) >= 11 is 0. The molecule has 4 rings (SSSR count). The highest BCUT2D eigenvalue weighted by atomic mass is 16.2. The van der Waals surface area contributed by atoms with E-state index >= 15 is 0 Å². The average Bonchev–Trinajstić information content (AvgIpc) is 3.31. The number of hydrogen-bond donors (Lipinski definition) is 1. The topological polar surface area (TPSA) is 52.2 Å². The Balaban J connectivity index is 1.24. The van der Waals surface area contributed by atoms with Gasteiger partial charge in [-0.3, -0.25) is 14.8 Å². The fourth-order valence-electron chi connectivity index (χ4n) is 4.28. The average molecular weight is 340 g/mol. The van der Waals surface area contributed by atoms with Crippen molar-refractivity contribution in [2.24, 2.45) is 5.92 Å². The van der Waals surface area contributed by atoms with E-state index in [-0.39, 0.29) is 0 Å². The van der Waals surface area contributed by atoms with Crippen LogP contribution in [0.1, 0.15) is 44.1 Å². The van der Waals surface area contributed by atoms with E-state index in [1.807, 2.05) is 6.20 Å². The number of fused-ring (bicyclic) bond motifs is 1. The number of amides is 1. The smallest absolute Gasteiger partial charge is 0.222 e. The number of rotatable bonds is 5. The summed E-state index contributed by atoms with van der Waals surface area (Å²) in [7, 11) is 0. The third-order valence-electron chi connectivity index (χ3n) is 5.88. The highest BCUT2D eigenvalue weighted by molar-refractivity contribution is 5.78. The lowest BCUT2D eigenvalue weighted by atomic mass is 10.0. The molecule has 134 valence electrons. The molecule has 1 saturated carbocycles. The Hall–Kier alpha value is -1.88. The molecular formula is C20H28N4O. The molecule has 0 spiro atoms. The summed E-state index contributed by atoms with van der Waals surface area (Å²) in [6.07, 6.45) is 9.10. The standard InChI is InChI=1S/C20H28N4O/c25-20(8-6-16-3-1-2-4-16)24-11-9-23(10-12-24)15-17-5-7-18-14-21-22-19(18)13-17/h5,7,13-14,16H,1-4,6,8-12,15H2,(H,21,22). The van der Waals surface area contributed by atoms with E-state index in [2.05, 4.69) is 38.2 Å². The van der Waals surface area contributed by atoms with Gasteiger partial charge in [-0.25, -0.2) is 0 Å². The number of nitrogens with one attached hydrogen (secondary N) is 1. The van der Waals surface area contributed by atoms with Crippen LogP contribution in [0.4, 0.5) is 0 Å². The van der Waals surface area contributed by atoms with Crippen LogP contribution in [0.3, 0.4) is 0 Å². The first kappa shape index (κ1) is 16.6. The lowest BCUT2D eigenvalue weighted by Gasteiger charge is -2.35. The quantitative estimate of drug-likeness (QED) is 0.909. The summed E-state index contributed by atoms with van der Waals surface area (Å²) < 4.78 is 0. The second-order valence-corrected chi connectivity index (χ2v) is 7.64. The van der Waals surface area contributed by atoms with E-state index in [0.717, 1.165) is 62.4 Å². The molecule has 1 aliphatic heterocycles. The van der Waals surface area contributed by atoms with Crippen molar-refractivity contribution in [2.75, 3.05) is 26.2 Å². The zero-order chi connectivity index (χ0) is 17.1. The number of carbonyl (C=O) groups is 1. The molecule has 1 saturated heterocycles. The van der Waals surface area contributed by atoms with E-state index in [4.69, 9.17) is 0 Å². The summed E-state index contributed by atoms with van der Waals surface area (Å²) in [5, 5.41) is 8.27. The van der Waals surface area contributed by atoms with Gasteiger partial charge in [-0.1, -0.05) is 37.8 Å². The van der Waals surface area contributed by atoms with Gasteiger partial charge >= 0.3 is 0 Å². The molecule has 1 aliphatic carbocycles. The van der Waals surface area contributed by atoms with Crippen LogP contribution in [0.15, 0.2) is 24.4 Å². The SMILES string of the molecule is O=C(CCC1CCCC1)N1CCN(Cc2ccc3cn[nH]c3c2)CC1. The van der Waals surface area contributed by atoms with Crippen LogP contribution in [0.5, 0.6) is 0 Å². The molecule has 2 fully saturated rings. The van der Waals surface area contributed by atoms with Crippen LogP contribution in [0.2, 0.25) is 0 Å². The summed E-state index contributed by atoms with van der Waals surface area (Å²) in [6.45, 7) is 4.62. The summed E-state index contributed by atoms with van der Waals surface area (Å²) in [6, 6.07) is 6.48. The highest BCUT2D eigenvalue weighted by Crippen LogP contribution is 2.28. The van der Waals surface area contributed by atoms with Crippen LogP contribution in [0, 0.1) is 5.92 Å². The number of aromatic nitrogens is 2. The first-order chi connectivity index (χ1) is 12.3. The summed E-state index contributed by atoms with van der Waals surface area (Å²) in [4.78, 5) is 16.9. The van der Waals surface area contributed by atoms with Crippen LogP contribution in [0.25, 0.3) is 10.9 Å². The van der Waals surface area contributed by atoms with Crippen molar-refractivity contribution >= 4 is 16.8 Å². The number of hydrogen-bond acceptors (Lipinski definition) is 3. The molecule has 0 radical (unpaired) electrons. The number of H-pyrrole nitrogens is 1. The predicted molar refractivity (Wildman–Crippen MR) is 99.1 cm³/mol. The number of aromatic amines is 1. The maximum absolute atomic E-state index is 12.4. The van der Waals surface area contributed by atoms with Crippen molar-refractivity contribution in [1.29, 1.82) is 0 Å². The van der Waals surface area contributed by atoms with Crippen molar-refractivity contribution in [2.45, 2.75) is 45.1 Å². The number of carbonyl (C=O) groups excluding carboxylic acids is 1. The monoisotopic (exact) mass is 340 g/mol. The Morgan fingerprint density at radius 2 is 1.96 bits per heavy atom. The van der Waals surface area contributed by atoms with Crippen LogP contribution in [-0.2, 0) is 11.3 Å². The van der Waals surface area contributed by atoms with E-state index in [1.54, 1.807) is 0 Å². The van der Waals surface area contributed by atoms with Gasteiger partial charge in [0.1, 0.15) is 0 Å². The largest absolute Gasteiger partial charge is 0.340 e. The molecule has 1 amide bonds. The van der Waals surface area contributed by atoms with Gasteiger partial charge in [-0.15, -0.1) is 0 Å². The maximum atomic E-state index is 12.4. The molecular weight excluding hydrogens is 312 g/mol. The molecule has 5 nitrogen and oxygen atoms in total. The van der Waals surface area contributed by atoms with Crippen molar-refractivity contribution in [3.8, 4) is 0 Å². The Kier molecular flexibility index (Phi) is 5.02.